The molecule has 0 radical (unpaired) electrons. The van der Waals surface area contributed by atoms with E-state index in [1.807, 2.05) is 0 Å². The number of nitrogens with one attached hydrogen (secondary N) is 1. The fourth-order valence-electron chi connectivity index (χ4n) is 2.43. The Hall–Kier alpha value is -1.10. The third kappa shape index (κ3) is 3.70. The number of nitrogens with zero attached hydrogens (tertiary/aromatic N) is 1. The third-order valence-corrected chi connectivity index (χ3v) is 3.83. The van der Waals surface area contributed by atoms with Gasteiger partial charge < -0.3 is 16.0 Å². The van der Waals surface area contributed by atoms with E-state index in [1.165, 1.54) is 17.7 Å². The predicted molar refractivity (Wildman–Crippen MR) is 70.9 cm³/mol. The zero-order valence-electron chi connectivity index (χ0n) is 11.5. The van der Waals surface area contributed by atoms with Crippen molar-refractivity contribution in [1.29, 1.82) is 0 Å². The SMILES string of the molecule is CN(C)C(=O)CNC(=O)C1(CN)CCCCCC1. The van der Waals surface area contributed by atoms with Crippen molar-refractivity contribution in [3.63, 3.8) is 0 Å². The number of hydrogen-bond donors (Lipinski definition) is 2. The van der Waals surface area contributed by atoms with Crippen LogP contribution in [0, 0.1) is 5.41 Å². The second-order valence-electron chi connectivity index (χ2n) is 5.37. The highest BCUT2D eigenvalue weighted by molar-refractivity contribution is 5.87. The van der Waals surface area contributed by atoms with Crippen LogP contribution in [0.4, 0.5) is 0 Å². The van der Waals surface area contributed by atoms with Crippen molar-refractivity contribution in [2.24, 2.45) is 11.1 Å². The molecule has 0 bridgehead atoms. The standard InChI is InChI=1S/C13H25N3O2/c1-16(2)11(17)9-15-12(18)13(10-14)7-5-3-4-6-8-13/h3-10,14H2,1-2H3,(H,15,18). The van der Waals surface area contributed by atoms with Crippen LogP contribution in [-0.4, -0.2) is 43.9 Å². The van der Waals surface area contributed by atoms with E-state index in [-0.39, 0.29) is 18.4 Å². The largest absolute Gasteiger partial charge is 0.347 e. The maximum Gasteiger partial charge on any atom is 0.241 e. The molecule has 104 valence electrons. The number of rotatable bonds is 4. The molecular weight excluding hydrogens is 230 g/mol. The molecule has 1 aliphatic rings. The summed E-state index contributed by atoms with van der Waals surface area (Å²) in [7, 11) is 3.36. The van der Waals surface area contributed by atoms with Gasteiger partial charge in [0.2, 0.25) is 11.8 Å². The Balaban J connectivity index is 2.58. The molecule has 0 aliphatic heterocycles. The van der Waals surface area contributed by atoms with E-state index in [4.69, 9.17) is 5.73 Å². The monoisotopic (exact) mass is 255 g/mol. The Bertz CT molecular complexity index is 295. The number of likely N-dealkylation sites (N-methyl/N-ethyl adjacent to an activating group) is 1. The number of carbonyl (C=O) groups is 2. The maximum absolute atomic E-state index is 12.3. The molecule has 18 heavy (non-hydrogen) atoms. The molecule has 1 aliphatic carbocycles. The highest BCUT2D eigenvalue weighted by Crippen LogP contribution is 2.34. The lowest BCUT2D eigenvalue weighted by Crippen LogP contribution is -2.48. The van der Waals surface area contributed by atoms with Gasteiger partial charge in [0.1, 0.15) is 0 Å². The van der Waals surface area contributed by atoms with E-state index in [0.717, 1.165) is 25.7 Å². The van der Waals surface area contributed by atoms with E-state index >= 15 is 0 Å². The highest BCUT2D eigenvalue weighted by Gasteiger charge is 2.37. The first-order valence-corrected chi connectivity index (χ1v) is 6.70. The van der Waals surface area contributed by atoms with Crippen molar-refractivity contribution < 1.29 is 9.59 Å². The summed E-state index contributed by atoms with van der Waals surface area (Å²) < 4.78 is 0. The fourth-order valence-corrected chi connectivity index (χ4v) is 2.43. The van der Waals surface area contributed by atoms with Gasteiger partial charge in [-0.1, -0.05) is 25.7 Å². The molecular formula is C13H25N3O2. The first-order valence-electron chi connectivity index (χ1n) is 6.70. The molecule has 0 aromatic carbocycles. The molecule has 5 heteroatoms. The van der Waals surface area contributed by atoms with Crippen molar-refractivity contribution in [3.05, 3.63) is 0 Å². The molecule has 0 heterocycles. The lowest BCUT2D eigenvalue weighted by Gasteiger charge is -2.29. The lowest BCUT2D eigenvalue weighted by molar-refractivity contribution is -0.135. The minimum absolute atomic E-state index is 0.0536. The van der Waals surface area contributed by atoms with Gasteiger partial charge in [-0.25, -0.2) is 0 Å². The minimum atomic E-state index is -0.455. The van der Waals surface area contributed by atoms with Crippen molar-refractivity contribution in [2.75, 3.05) is 27.2 Å². The van der Waals surface area contributed by atoms with Gasteiger partial charge in [-0.05, 0) is 12.8 Å². The molecule has 0 aromatic heterocycles. The van der Waals surface area contributed by atoms with Crippen molar-refractivity contribution in [3.8, 4) is 0 Å². The van der Waals surface area contributed by atoms with Crippen LogP contribution in [0.5, 0.6) is 0 Å². The number of nitrogens with two attached hydrogens (primary N) is 1. The summed E-state index contributed by atoms with van der Waals surface area (Å²) in [5.74, 6) is -0.147. The van der Waals surface area contributed by atoms with Crippen LogP contribution in [0.15, 0.2) is 0 Å². The summed E-state index contributed by atoms with van der Waals surface area (Å²) in [5, 5.41) is 2.74. The maximum atomic E-state index is 12.3. The predicted octanol–water partition coefficient (Wildman–Crippen LogP) is 0.490. The van der Waals surface area contributed by atoms with E-state index in [0.29, 0.717) is 6.54 Å². The quantitative estimate of drug-likeness (QED) is 0.718. The lowest BCUT2D eigenvalue weighted by atomic mass is 9.79. The van der Waals surface area contributed by atoms with Gasteiger partial charge in [-0.2, -0.15) is 0 Å². The number of hydrogen-bond acceptors (Lipinski definition) is 3. The van der Waals surface area contributed by atoms with E-state index in [2.05, 4.69) is 5.32 Å². The summed E-state index contributed by atoms with van der Waals surface area (Å²) >= 11 is 0. The first-order chi connectivity index (χ1) is 8.52. The van der Waals surface area contributed by atoms with Crippen LogP contribution in [0.1, 0.15) is 38.5 Å². The number of carbonyl (C=O) groups excluding carboxylic acids is 2. The number of amides is 2. The summed E-state index contributed by atoms with van der Waals surface area (Å²) in [6.07, 6.45) is 6.12. The highest BCUT2D eigenvalue weighted by atomic mass is 16.2. The topological polar surface area (TPSA) is 75.4 Å². The van der Waals surface area contributed by atoms with E-state index < -0.39 is 5.41 Å². The van der Waals surface area contributed by atoms with Crippen molar-refractivity contribution in [2.45, 2.75) is 38.5 Å². The van der Waals surface area contributed by atoms with Gasteiger partial charge in [-0.15, -0.1) is 0 Å². The Labute approximate surface area is 109 Å². The molecule has 0 unspecified atom stereocenters. The van der Waals surface area contributed by atoms with Crippen molar-refractivity contribution in [1.82, 2.24) is 10.2 Å². The molecule has 3 N–H and O–H groups in total. The van der Waals surface area contributed by atoms with Gasteiger partial charge in [0, 0.05) is 20.6 Å². The van der Waals surface area contributed by atoms with Gasteiger partial charge in [-0.3, -0.25) is 9.59 Å². The second-order valence-corrected chi connectivity index (χ2v) is 5.37. The molecule has 5 nitrogen and oxygen atoms in total. The summed E-state index contributed by atoms with van der Waals surface area (Å²) in [6.45, 7) is 0.433. The molecule has 1 rings (SSSR count). The van der Waals surface area contributed by atoms with Crippen LogP contribution in [0.3, 0.4) is 0 Å². The van der Waals surface area contributed by atoms with Crippen LogP contribution in [-0.2, 0) is 9.59 Å². The second kappa shape index (κ2) is 6.73. The Morgan fingerprint density at radius 2 is 1.72 bits per heavy atom. The van der Waals surface area contributed by atoms with Gasteiger partial charge in [0.05, 0.1) is 12.0 Å². The van der Waals surface area contributed by atoms with Crippen LogP contribution >= 0.6 is 0 Å². The molecule has 0 spiro atoms. The molecule has 1 saturated carbocycles. The minimum Gasteiger partial charge on any atom is -0.347 e. The van der Waals surface area contributed by atoms with Crippen LogP contribution in [0.2, 0.25) is 0 Å². The first kappa shape index (κ1) is 15.0. The zero-order valence-corrected chi connectivity index (χ0v) is 11.5. The average molecular weight is 255 g/mol. The zero-order chi connectivity index (χ0) is 13.6. The Morgan fingerprint density at radius 1 is 1.17 bits per heavy atom. The van der Waals surface area contributed by atoms with E-state index in [9.17, 15) is 9.59 Å². The van der Waals surface area contributed by atoms with E-state index in [1.54, 1.807) is 14.1 Å². The van der Waals surface area contributed by atoms with Crippen molar-refractivity contribution >= 4 is 11.8 Å². The Morgan fingerprint density at radius 3 is 2.17 bits per heavy atom. The van der Waals surface area contributed by atoms with Gasteiger partial charge >= 0.3 is 0 Å². The van der Waals surface area contributed by atoms with Gasteiger partial charge in [0.25, 0.3) is 0 Å². The molecule has 2 amide bonds. The molecule has 1 fully saturated rings. The summed E-state index contributed by atoms with van der Waals surface area (Å²) in [5.41, 5.74) is 5.36. The molecule has 0 saturated heterocycles. The normalized spacial score (nSPS) is 18.8. The fraction of sp³-hybridized carbons (Fsp3) is 0.846. The smallest absolute Gasteiger partial charge is 0.241 e. The third-order valence-electron chi connectivity index (χ3n) is 3.83. The average Bonchev–Trinajstić information content (AvgIpc) is 2.61. The van der Waals surface area contributed by atoms with Crippen LogP contribution in [0.25, 0.3) is 0 Å². The Kier molecular flexibility index (Phi) is 5.59. The van der Waals surface area contributed by atoms with Gasteiger partial charge in [0.15, 0.2) is 0 Å². The molecule has 0 aromatic rings. The summed E-state index contributed by atoms with van der Waals surface area (Å²) in [4.78, 5) is 25.2. The van der Waals surface area contributed by atoms with Crippen LogP contribution < -0.4 is 11.1 Å². The molecule has 0 atom stereocenters. The summed E-state index contributed by atoms with van der Waals surface area (Å²) in [6, 6.07) is 0.